The van der Waals surface area contributed by atoms with E-state index in [4.69, 9.17) is 20.3 Å². The average Bonchev–Trinajstić information content (AvgIpc) is 3.32. The third-order valence-corrected chi connectivity index (χ3v) is 6.97. The Kier molecular flexibility index (Phi) is 7.40. The topological polar surface area (TPSA) is 69.0 Å². The number of aryl methyl sites for hydroxylation is 1. The van der Waals surface area contributed by atoms with Crippen molar-refractivity contribution in [3.05, 3.63) is 83.3 Å². The highest BCUT2D eigenvalue weighted by atomic mass is 32.2. The fourth-order valence-corrected chi connectivity index (χ4v) is 4.76. The molecule has 2 heterocycles. The van der Waals surface area contributed by atoms with Crippen molar-refractivity contribution in [3.63, 3.8) is 0 Å². The van der Waals surface area contributed by atoms with E-state index < -0.39 is 10.0 Å². The van der Waals surface area contributed by atoms with Crippen molar-refractivity contribution >= 4 is 15.7 Å². The average molecular weight is 476 g/mol. The molecule has 174 valence electrons. The Morgan fingerprint density at radius 2 is 1.88 bits per heavy atom. The first-order chi connectivity index (χ1) is 16.5. The van der Waals surface area contributed by atoms with Crippen molar-refractivity contribution in [3.8, 4) is 24.3 Å². The minimum atomic E-state index is -4.01. The van der Waals surface area contributed by atoms with Gasteiger partial charge in [0.1, 0.15) is 12.4 Å². The second-order valence-electron chi connectivity index (χ2n) is 7.85. The molecular formula is C27H25NO5S. The summed E-state index contributed by atoms with van der Waals surface area (Å²) in [4.78, 5) is 0.111. The van der Waals surface area contributed by atoms with Crippen LogP contribution in [0, 0.1) is 31.2 Å². The molecule has 0 amide bonds. The van der Waals surface area contributed by atoms with E-state index >= 15 is 0 Å². The number of sulfonamides is 1. The van der Waals surface area contributed by atoms with Crippen LogP contribution in [0.2, 0.25) is 0 Å². The van der Waals surface area contributed by atoms with Crippen LogP contribution in [-0.2, 0) is 26.1 Å². The lowest BCUT2D eigenvalue weighted by Gasteiger charge is -2.22. The van der Waals surface area contributed by atoms with Gasteiger partial charge in [-0.2, -0.15) is 4.31 Å². The van der Waals surface area contributed by atoms with E-state index in [0.717, 1.165) is 29.1 Å². The highest BCUT2D eigenvalue weighted by molar-refractivity contribution is 7.93. The smallest absolute Gasteiger partial charge is 0.275 e. The molecule has 0 N–H and O–H groups in total. The van der Waals surface area contributed by atoms with Crippen LogP contribution in [0.4, 0.5) is 5.69 Å². The maximum atomic E-state index is 13.5. The number of anilines is 1. The van der Waals surface area contributed by atoms with Gasteiger partial charge in [-0.05, 0) is 68.5 Å². The first-order valence-corrected chi connectivity index (χ1v) is 12.4. The summed E-state index contributed by atoms with van der Waals surface area (Å²) in [6.07, 6.45) is 8.38. The molecule has 0 bridgehead atoms. The number of para-hydroxylation sites is 1. The van der Waals surface area contributed by atoms with Crippen molar-refractivity contribution < 1.29 is 22.3 Å². The predicted molar refractivity (Wildman–Crippen MR) is 129 cm³/mol. The Morgan fingerprint density at radius 3 is 2.62 bits per heavy atom. The van der Waals surface area contributed by atoms with Crippen LogP contribution in [0.1, 0.15) is 41.9 Å². The molecule has 6 nitrogen and oxygen atoms in total. The molecule has 0 radical (unpaired) electrons. The number of hydrogen-bond acceptors (Lipinski definition) is 5. The number of rotatable bonds is 6. The van der Waals surface area contributed by atoms with E-state index in [-0.39, 0.29) is 17.8 Å². The number of benzene rings is 2. The van der Waals surface area contributed by atoms with Crippen LogP contribution >= 0.6 is 0 Å². The normalized spacial score (nSPS) is 15.7. The van der Waals surface area contributed by atoms with Crippen LogP contribution in [0.15, 0.2) is 70.0 Å². The minimum absolute atomic E-state index is 0.111. The summed E-state index contributed by atoms with van der Waals surface area (Å²) in [6.45, 7) is 2.84. The molecule has 4 rings (SSSR count). The van der Waals surface area contributed by atoms with E-state index in [0.29, 0.717) is 29.4 Å². The fourth-order valence-electron chi connectivity index (χ4n) is 3.48. The van der Waals surface area contributed by atoms with Gasteiger partial charge >= 0.3 is 0 Å². The van der Waals surface area contributed by atoms with Gasteiger partial charge in [-0.1, -0.05) is 35.7 Å². The van der Waals surface area contributed by atoms with Crippen LogP contribution < -0.4 is 4.31 Å². The maximum absolute atomic E-state index is 13.5. The molecule has 7 heteroatoms. The zero-order chi connectivity index (χ0) is 24.0. The Hall–Kier alpha value is -3.49. The van der Waals surface area contributed by atoms with Gasteiger partial charge in [0.25, 0.3) is 10.0 Å². The second kappa shape index (κ2) is 10.6. The highest BCUT2D eigenvalue weighted by Gasteiger charge is 2.25. The summed E-state index contributed by atoms with van der Waals surface area (Å²) in [5.41, 5.74) is 1.65. The van der Waals surface area contributed by atoms with Crippen LogP contribution in [0.3, 0.4) is 0 Å². The van der Waals surface area contributed by atoms with Gasteiger partial charge in [0.05, 0.1) is 10.6 Å². The van der Waals surface area contributed by atoms with Gasteiger partial charge in [0, 0.05) is 18.2 Å². The molecule has 1 aromatic heterocycles. The minimum Gasteiger partial charge on any atom is -0.450 e. The van der Waals surface area contributed by atoms with Gasteiger partial charge in [-0.25, -0.2) is 8.42 Å². The van der Waals surface area contributed by atoms with Crippen molar-refractivity contribution in [2.75, 3.05) is 10.9 Å². The SMILES string of the molecule is C#Cc1ccccc1N(C#Cc1ccc(COC2CCCCO2)o1)S(=O)(=O)c1ccc(C)cc1. The summed E-state index contributed by atoms with van der Waals surface area (Å²) < 4.78 is 45.0. The molecule has 1 fully saturated rings. The standard InChI is InChI=1S/C27H25NO5S/c1-3-22-8-4-5-9-26(22)28(34(29,30)25-15-11-21(2)12-16-25)18-17-23-13-14-24(33-23)20-32-27-10-6-7-19-31-27/h1,4-5,8-9,11-16,27H,6-7,10,19-20H2,2H3. The molecule has 1 saturated heterocycles. The number of ether oxygens (including phenoxy) is 2. The third-order valence-electron chi connectivity index (χ3n) is 5.33. The van der Waals surface area contributed by atoms with Crippen LogP contribution in [0.25, 0.3) is 0 Å². The lowest BCUT2D eigenvalue weighted by Crippen LogP contribution is -2.27. The molecule has 1 atom stereocenters. The molecule has 1 aliphatic heterocycles. The zero-order valence-electron chi connectivity index (χ0n) is 18.9. The molecule has 1 unspecified atom stereocenters. The van der Waals surface area contributed by atoms with E-state index in [1.54, 1.807) is 60.7 Å². The maximum Gasteiger partial charge on any atom is 0.275 e. The quantitative estimate of drug-likeness (QED) is 0.378. The van der Waals surface area contributed by atoms with E-state index in [1.807, 2.05) is 6.92 Å². The Morgan fingerprint density at radius 1 is 1.09 bits per heavy atom. The van der Waals surface area contributed by atoms with Gasteiger partial charge in [0.2, 0.25) is 0 Å². The number of furan rings is 1. The van der Waals surface area contributed by atoms with Crippen LogP contribution in [0.5, 0.6) is 0 Å². The van der Waals surface area contributed by atoms with E-state index in [2.05, 4.69) is 17.9 Å². The van der Waals surface area contributed by atoms with E-state index in [1.165, 1.54) is 0 Å². The first kappa shape index (κ1) is 23.7. The number of hydrogen-bond donors (Lipinski definition) is 0. The predicted octanol–water partition coefficient (Wildman–Crippen LogP) is 4.82. The lowest BCUT2D eigenvalue weighted by atomic mass is 10.2. The van der Waals surface area contributed by atoms with Gasteiger partial charge < -0.3 is 13.9 Å². The van der Waals surface area contributed by atoms with Gasteiger partial charge in [-0.3, -0.25) is 0 Å². The van der Waals surface area contributed by atoms with Crippen LogP contribution in [-0.4, -0.2) is 21.3 Å². The summed E-state index contributed by atoms with van der Waals surface area (Å²) in [5.74, 6) is 6.24. The summed E-state index contributed by atoms with van der Waals surface area (Å²) >= 11 is 0. The Bertz CT molecular complexity index is 1330. The molecule has 2 aromatic carbocycles. The van der Waals surface area contributed by atoms with E-state index in [9.17, 15) is 8.42 Å². The largest absolute Gasteiger partial charge is 0.450 e. The summed E-state index contributed by atoms with van der Waals surface area (Å²) in [7, 11) is -4.01. The molecule has 0 aliphatic carbocycles. The van der Waals surface area contributed by atoms with Crippen molar-refractivity contribution in [2.24, 2.45) is 0 Å². The summed E-state index contributed by atoms with van der Waals surface area (Å²) in [6, 6.07) is 19.5. The first-order valence-electron chi connectivity index (χ1n) is 11.0. The Labute approximate surface area is 200 Å². The zero-order valence-corrected chi connectivity index (χ0v) is 19.7. The summed E-state index contributed by atoms with van der Waals surface area (Å²) in [5, 5.41) is 0. The molecular weight excluding hydrogens is 450 g/mol. The molecule has 0 saturated carbocycles. The fraction of sp³-hybridized carbons (Fsp3) is 0.259. The monoisotopic (exact) mass is 475 g/mol. The van der Waals surface area contributed by atoms with Gasteiger partial charge in [0.15, 0.2) is 12.1 Å². The third kappa shape index (κ3) is 5.52. The molecule has 3 aromatic rings. The number of nitrogens with zero attached hydrogens (tertiary/aromatic N) is 1. The number of terminal acetylenes is 1. The van der Waals surface area contributed by atoms with Crippen molar-refractivity contribution in [1.82, 2.24) is 0 Å². The Balaban J connectivity index is 1.62. The lowest BCUT2D eigenvalue weighted by molar-refractivity contribution is -0.171. The molecule has 0 spiro atoms. The highest BCUT2D eigenvalue weighted by Crippen LogP contribution is 2.26. The molecule has 34 heavy (non-hydrogen) atoms. The second-order valence-corrected chi connectivity index (χ2v) is 9.64. The van der Waals surface area contributed by atoms with Crippen molar-refractivity contribution in [2.45, 2.75) is 44.0 Å². The van der Waals surface area contributed by atoms with Crippen molar-refractivity contribution in [1.29, 1.82) is 0 Å². The van der Waals surface area contributed by atoms with Gasteiger partial charge in [-0.15, -0.1) is 6.42 Å². The molecule has 1 aliphatic rings.